The van der Waals surface area contributed by atoms with Gasteiger partial charge in [-0.25, -0.2) is 0 Å². The van der Waals surface area contributed by atoms with E-state index in [2.05, 4.69) is 122 Å². The molecule has 3 nitrogen and oxygen atoms in total. The SMILES string of the molecule is CC(C)c1ccnc(-c2[c-]ccc3c2oc2c4ccccc4ccc32)c1.C[Si](C)(C)c1ccc(-c2[c-]cccc2)nc1.[Ir]. The molecule has 217 valence electrons. The number of benzene rings is 4. The van der Waals surface area contributed by atoms with Crippen molar-refractivity contribution in [2.75, 3.05) is 0 Å². The summed E-state index contributed by atoms with van der Waals surface area (Å²) in [6.07, 6.45) is 3.89. The summed E-state index contributed by atoms with van der Waals surface area (Å²) in [5, 5.41) is 5.96. The molecule has 7 aromatic rings. The summed E-state index contributed by atoms with van der Waals surface area (Å²) in [5.41, 5.74) is 6.94. The Labute approximate surface area is 268 Å². The molecule has 3 heterocycles. The van der Waals surface area contributed by atoms with Gasteiger partial charge in [0, 0.05) is 43.3 Å². The smallest absolute Gasteiger partial charge is 0.128 e. The molecule has 0 aliphatic rings. The van der Waals surface area contributed by atoms with Gasteiger partial charge in [-0.15, -0.1) is 54.1 Å². The molecule has 7 rings (SSSR count). The molecule has 0 spiro atoms. The molecule has 0 bridgehead atoms. The van der Waals surface area contributed by atoms with Crippen molar-refractivity contribution in [3.8, 4) is 22.5 Å². The molecule has 0 saturated carbocycles. The fourth-order valence-electron chi connectivity index (χ4n) is 5.15. The minimum atomic E-state index is -1.23. The van der Waals surface area contributed by atoms with E-state index < -0.39 is 8.07 Å². The number of fused-ring (bicyclic) bond motifs is 5. The second-order valence-corrected chi connectivity index (χ2v) is 17.0. The summed E-state index contributed by atoms with van der Waals surface area (Å²) >= 11 is 0. The van der Waals surface area contributed by atoms with Crippen LogP contribution in [0.5, 0.6) is 0 Å². The van der Waals surface area contributed by atoms with Gasteiger partial charge in [0.15, 0.2) is 0 Å². The van der Waals surface area contributed by atoms with E-state index in [9.17, 15) is 0 Å². The number of pyridine rings is 2. The zero-order chi connectivity index (χ0) is 29.3. The Morgan fingerprint density at radius 3 is 2.21 bits per heavy atom. The van der Waals surface area contributed by atoms with Crippen LogP contribution in [0, 0.1) is 12.1 Å². The molecular weight excluding hydrogens is 721 g/mol. The van der Waals surface area contributed by atoms with Crippen LogP contribution in [0.4, 0.5) is 0 Å². The molecular formula is C38H34IrN2OSi-2. The van der Waals surface area contributed by atoms with Crippen LogP contribution in [0.1, 0.15) is 25.3 Å². The molecule has 0 unspecified atom stereocenters. The van der Waals surface area contributed by atoms with Crippen LogP contribution in [0.3, 0.4) is 0 Å². The number of rotatable bonds is 4. The zero-order valence-corrected chi connectivity index (χ0v) is 28.5. The van der Waals surface area contributed by atoms with Crippen LogP contribution >= 0.6 is 0 Å². The quantitative estimate of drug-likeness (QED) is 0.133. The second-order valence-electron chi connectivity index (χ2n) is 11.9. The van der Waals surface area contributed by atoms with Crippen molar-refractivity contribution in [3.63, 3.8) is 0 Å². The van der Waals surface area contributed by atoms with E-state index in [1.807, 2.05) is 42.7 Å². The van der Waals surface area contributed by atoms with Crippen molar-refractivity contribution in [3.05, 3.63) is 127 Å². The first kappa shape index (κ1) is 30.6. The summed E-state index contributed by atoms with van der Waals surface area (Å²) < 4.78 is 6.38. The predicted molar refractivity (Wildman–Crippen MR) is 179 cm³/mol. The maximum Gasteiger partial charge on any atom is 0.128 e. The van der Waals surface area contributed by atoms with E-state index >= 15 is 0 Å². The van der Waals surface area contributed by atoms with Crippen LogP contribution < -0.4 is 5.19 Å². The van der Waals surface area contributed by atoms with E-state index in [0.717, 1.165) is 49.8 Å². The van der Waals surface area contributed by atoms with E-state index in [-0.39, 0.29) is 20.1 Å². The molecule has 1 radical (unpaired) electrons. The summed E-state index contributed by atoms with van der Waals surface area (Å²) in [6, 6.07) is 39.7. The third-order valence-corrected chi connectivity index (χ3v) is 9.67. The minimum absolute atomic E-state index is 0. The van der Waals surface area contributed by atoms with Crippen LogP contribution in [0.15, 0.2) is 114 Å². The molecule has 0 atom stereocenters. The number of furan rings is 1. The first-order chi connectivity index (χ1) is 20.3. The third-order valence-electron chi connectivity index (χ3n) is 7.64. The molecule has 0 aliphatic heterocycles. The van der Waals surface area contributed by atoms with Gasteiger partial charge >= 0.3 is 0 Å². The van der Waals surface area contributed by atoms with Gasteiger partial charge < -0.3 is 14.4 Å². The minimum Gasteiger partial charge on any atom is -0.500 e. The average Bonchev–Trinajstić information content (AvgIpc) is 3.41. The molecule has 43 heavy (non-hydrogen) atoms. The second kappa shape index (κ2) is 12.8. The molecule has 0 saturated heterocycles. The zero-order valence-electron chi connectivity index (χ0n) is 25.1. The topological polar surface area (TPSA) is 38.9 Å². The van der Waals surface area contributed by atoms with Crippen LogP contribution in [-0.2, 0) is 20.1 Å². The van der Waals surface area contributed by atoms with E-state index in [1.165, 1.54) is 16.1 Å². The fraction of sp³-hybridized carbons (Fsp3) is 0.158. The number of hydrogen-bond donors (Lipinski definition) is 0. The van der Waals surface area contributed by atoms with Crippen molar-refractivity contribution in [2.45, 2.75) is 39.4 Å². The van der Waals surface area contributed by atoms with Gasteiger partial charge in [0.2, 0.25) is 0 Å². The Hall–Kier alpha value is -3.89. The van der Waals surface area contributed by atoms with Crippen molar-refractivity contribution < 1.29 is 24.5 Å². The van der Waals surface area contributed by atoms with E-state index in [0.29, 0.717) is 5.92 Å². The first-order valence-corrected chi connectivity index (χ1v) is 17.9. The molecule has 0 N–H and O–H groups in total. The Morgan fingerprint density at radius 2 is 1.49 bits per heavy atom. The predicted octanol–water partition coefficient (Wildman–Crippen LogP) is 9.82. The Kier molecular flexibility index (Phi) is 9.07. The molecule has 5 heteroatoms. The van der Waals surface area contributed by atoms with Crippen LogP contribution in [-0.4, -0.2) is 18.0 Å². The van der Waals surface area contributed by atoms with Crippen LogP contribution in [0.25, 0.3) is 55.2 Å². The van der Waals surface area contributed by atoms with Crippen molar-refractivity contribution in [1.82, 2.24) is 9.97 Å². The molecule has 0 amide bonds. The van der Waals surface area contributed by atoms with Gasteiger partial charge in [-0.3, -0.25) is 0 Å². The maximum atomic E-state index is 6.38. The van der Waals surface area contributed by atoms with E-state index in [1.54, 1.807) is 0 Å². The Balaban J connectivity index is 0.000000188. The Morgan fingerprint density at radius 1 is 0.698 bits per heavy atom. The Bertz CT molecular complexity index is 1990. The number of hydrogen-bond acceptors (Lipinski definition) is 3. The van der Waals surface area contributed by atoms with E-state index in [4.69, 9.17) is 4.42 Å². The normalized spacial score (nSPS) is 11.4. The number of nitrogens with zero attached hydrogens (tertiary/aromatic N) is 2. The van der Waals surface area contributed by atoms with Crippen molar-refractivity contribution in [1.29, 1.82) is 0 Å². The molecule has 0 fully saturated rings. The largest absolute Gasteiger partial charge is 0.500 e. The monoisotopic (exact) mass is 755 g/mol. The summed E-state index contributed by atoms with van der Waals surface area (Å²) in [7, 11) is -1.23. The first-order valence-electron chi connectivity index (χ1n) is 14.4. The maximum absolute atomic E-state index is 6.38. The molecule has 0 aliphatic carbocycles. The van der Waals surface area contributed by atoms with Crippen molar-refractivity contribution in [2.24, 2.45) is 0 Å². The third kappa shape index (κ3) is 6.40. The van der Waals surface area contributed by atoms with Crippen molar-refractivity contribution >= 4 is 46.0 Å². The van der Waals surface area contributed by atoms with Gasteiger partial charge in [0.05, 0.1) is 13.7 Å². The summed E-state index contributed by atoms with van der Waals surface area (Å²) in [6.45, 7) is 11.4. The summed E-state index contributed by atoms with van der Waals surface area (Å²) in [5.74, 6) is 0.454. The standard InChI is InChI=1S/C24H18NO.C14H16NSi.Ir/c1-15(2)17-12-13-25-22(14-17)21-9-5-8-19-20-11-10-16-6-3-4-7-18(16)23(20)26-24(19)21;1-16(2,3)13-9-10-14(15-11-13)12-7-5-4-6-8-12;/h3-8,10-15H,1-2H3;4-7,9-11H,1-3H3;/q2*-1;. The molecule has 4 aromatic carbocycles. The van der Waals surface area contributed by atoms with Gasteiger partial charge in [0.25, 0.3) is 0 Å². The van der Waals surface area contributed by atoms with Gasteiger partial charge in [0.1, 0.15) is 5.58 Å². The van der Waals surface area contributed by atoms with Gasteiger partial charge in [-0.1, -0.05) is 105 Å². The van der Waals surface area contributed by atoms with Gasteiger partial charge in [-0.05, 0) is 33.9 Å². The average molecular weight is 755 g/mol. The summed E-state index contributed by atoms with van der Waals surface area (Å²) in [4.78, 5) is 9.10. The fourth-order valence-corrected chi connectivity index (χ4v) is 6.19. The van der Waals surface area contributed by atoms with Crippen LogP contribution in [0.2, 0.25) is 19.6 Å². The molecule has 3 aromatic heterocycles. The van der Waals surface area contributed by atoms with Gasteiger partial charge in [-0.2, -0.15) is 0 Å². The number of aromatic nitrogens is 2.